The molecular weight excluding hydrogens is 626 g/mol. The summed E-state index contributed by atoms with van der Waals surface area (Å²) in [7, 11) is 1.30. The first-order valence-electron chi connectivity index (χ1n) is 14.8. The van der Waals surface area contributed by atoms with Crippen LogP contribution in [-0.2, 0) is 48.4 Å². The lowest BCUT2D eigenvalue weighted by molar-refractivity contribution is -0.181. The standard InChI is InChI=1S/C34H33N3O11/c1-44-25-17-18-37(32(42)35-25)29-27(39)26(38)28(48-29)34(30(40)45-19-22-11-5-2-6-12-22,31(41)46-20-23-13-7-3-8-14-23)36-33(43)47-21-24-15-9-4-10-16-24/h2-18,26-29,38-39H,19-21H2,1H3,(H,36,43)/t26-,27+,28-,29+/m0/s1. The van der Waals surface area contributed by atoms with Gasteiger partial charge in [0.15, 0.2) is 6.23 Å². The number of rotatable bonds is 12. The monoisotopic (exact) mass is 659 g/mol. The van der Waals surface area contributed by atoms with E-state index >= 15 is 0 Å². The molecule has 1 aromatic heterocycles. The first kappa shape index (κ1) is 33.8. The normalized spacial score (nSPS) is 18.8. The Morgan fingerprint density at radius 3 is 1.71 bits per heavy atom. The van der Waals surface area contributed by atoms with Gasteiger partial charge in [0.25, 0.3) is 5.54 Å². The Morgan fingerprint density at radius 1 is 0.771 bits per heavy atom. The second kappa shape index (κ2) is 15.3. The van der Waals surface area contributed by atoms with Crippen LogP contribution in [0.1, 0.15) is 22.9 Å². The molecule has 48 heavy (non-hydrogen) atoms. The highest BCUT2D eigenvalue weighted by atomic mass is 16.6. The molecule has 1 amide bonds. The number of aromatic nitrogens is 2. The van der Waals surface area contributed by atoms with Gasteiger partial charge in [0.05, 0.1) is 7.11 Å². The molecule has 3 aromatic carbocycles. The lowest BCUT2D eigenvalue weighted by Crippen LogP contribution is -2.70. The van der Waals surface area contributed by atoms with E-state index in [1.165, 1.54) is 19.4 Å². The number of hydrogen-bond acceptors (Lipinski definition) is 12. The number of esters is 2. The van der Waals surface area contributed by atoms with Crippen molar-refractivity contribution in [3.8, 4) is 5.88 Å². The summed E-state index contributed by atoms with van der Waals surface area (Å²) < 4.78 is 28.1. The zero-order valence-corrected chi connectivity index (χ0v) is 25.7. The Morgan fingerprint density at radius 2 is 1.25 bits per heavy atom. The van der Waals surface area contributed by atoms with Crippen LogP contribution in [0.15, 0.2) is 108 Å². The van der Waals surface area contributed by atoms with Gasteiger partial charge in [-0.3, -0.25) is 9.88 Å². The Balaban J connectivity index is 1.53. The third kappa shape index (κ3) is 7.52. The summed E-state index contributed by atoms with van der Waals surface area (Å²) >= 11 is 0. The van der Waals surface area contributed by atoms with E-state index in [0.717, 1.165) is 4.57 Å². The summed E-state index contributed by atoms with van der Waals surface area (Å²) in [6.07, 6.45) is -7.81. The van der Waals surface area contributed by atoms with Crippen LogP contribution >= 0.6 is 0 Å². The van der Waals surface area contributed by atoms with E-state index in [4.69, 9.17) is 23.7 Å². The number of ether oxygens (including phenoxy) is 5. The Labute approximate surface area is 274 Å². The number of carbonyl (C=O) groups excluding carboxylic acids is 3. The van der Waals surface area contributed by atoms with Gasteiger partial charge in [0, 0.05) is 12.3 Å². The van der Waals surface area contributed by atoms with Gasteiger partial charge in [-0.1, -0.05) is 91.0 Å². The molecule has 2 heterocycles. The molecule has 14 nitrogen and oxygen atoms in total. The molecule has 0 aliphatic carbocycles. The first-order chi connectivity index (χ1) is 23.2. The van der Waals surface area contributed by atoms with Crippen molar-refractivity contribution in [2.75, 3.05) is 7.11 Å². The summed E-state index contributed by atoms with van der Waals surface area (Å²) in [5.41, 5.74) is -2.24. The van der Waals surface area contributed by atoms with Crippen molar-refractivity contribution in [2.24, 2.45) is 0 Å². The van der Waals surface area contributed by atoms with Crippen molar-refractivity contribution >= 4 is 18.0 Å². The molecule has 3 N–H and O–H groups in total. The van der Waals surface area contributed by atoms with Crippen molar-refractivity contribution in [3.63, 3.8) is 0 Å². The number of nitrogens with zero attached hydrogens (tertiary/aromatic N) is 2. The van der Waals surface area contributed by atoms with Crippen LogP contribution in [0.25, 0.3) is 0 Å². The Hall–Kier alpha value is -5.57. The van der Waals surface area contributed by atoms with Crippen LogP contribution in [-0.4, -0.2) is 68.8 Å². The molecule has 0 bridgehead atoms. The van der Waals surface area contributed by atoms with Gasteiger partial charge in [-0.15, -0.1) is 0 Å². The fourth-order valence-electron chi connectivity index (χ4n) is 5.03. The van der Waals surface area contributed by atoms with E-state index in [9.17, 15) is 29.4 Å². The number of alkyl carbamates (subject to hydrolysis) is 1. The van der Waals surface area contributed by atoms with Crippen molar-refractivity contribution < 1.29 is 48.3 Å². The summed E-state index contributed by atoms with van der Waals surface area (Å²) in [4.78, 5) is 58.2. The van der Waals surface area contributed by atoms with Gasteiger partial charge in [-0.25, -0.2) is 19.2 Å². The summed E-state index contributed by atoms with van der Waals surface area (Å²) in [6, 6.07) is 26.9. The van der Waals surface area contributed by atoms with Gasteiger partial charge in [-0.2, -0.15) is 4.98 Å². The number of methoxy groups -OCH3 is 1. The highest BCUT2D eigenvalue weighted by Gasteiger charge is 2.65. The maximum Gasteiger partial charge on any atom is 0.408 e. The van der Waals surface area contributed by atoms with Gasteiger partial charge in [-0.05, 0) is 16.7 Å². The van der Waals surface area contributed by atoms with Crippen molar-refractivity contribution in [1.82, 2.24) is 14.9 Å². The van der Waals surface area contributed by atoms with Crippen LogP contribution in [0.2, 0.25) is 0 Å². The zero-order chi connectivity index (χ0) is 34.1. The van der Waals surface area contributed by atoms with Gasteiger partial charge in [0.1, 0.15) is 38.1 Å². The minimum Gasteiger partial charge on any atom is -0.481 e. The highest BCUT2D eigenvalue weighted by Crippen LogP contribution is 2.36. The molecule has 5 rings (SSSR count). The minimum atomic E-state index is -2.96. The second-order valence-electron chi connectivity index (χ2n) is 10.7. The highest BCUT2D eigenvalue weighted by molar-refractivity contribution is 6.08. The smallest absolute Gasteiger partial charge is 0.408 e. The Bertz CT molecular complexity index is 1700. The van der Waals surface area contributed by atoms with Crippen LogP contribution in [0.5, 0.6) is 5.88 Å². The zero-order valence-electron chi connectivity index (χ0n) is 25.7. The molecule has 0 spiro atoms. The summed E-state index contributed by atoms with van der Waals surface area (Å²) in [5.74, 6) is -2.82. The van der Waals surface area contributed by atoms with E-state index in [-0.39, 0.29) is 25.7 Å². The van der Waals surface area contributed by atoms with E-state index in [0.29, 0.717) is 16.7 Å². The average Bonchev–Trinajstić information content (AvgIpc) is 3.41. The molecule has 1 fully saturated rings. The fraction of sp³-hybridized carbons (Fsp3) is 0.265. The van der Waals surface area contributed by atoms with Crippen LogP contribution < -0.4 is 15.7 Å². The molecule has 1 saturated heterocycles. The average molecular weight is 660 g/mol. The third-order valence-corrected chi connectivity index (χ3v) is 7.53. The van der Waals surface area contributed by atoms with Crippen molar-refractivity contribution in [2.45, 2.75) is 49.9 Å². The lowest BCUT2D eigenvalue weighted by atomic mass is 9.87. The predicted molar refractivity (Wildman–Crippen MR) is 166 cm³/mol. The summed E-state index contributed by atoms with van der Waals surface area (Å²) in [5, 5.41) is 24.7. The number of hydrogen-bond donors (Lipinski definition) is 3. The van der Waals surface area contributed by atoms with E-state index in [1.54, 1.807) is 91.0 Å². The largest absolute Gasteiger partial charge is 0.481 e. The number of benzene rings is 3. The number of aliphatic hydroxyl groups is 2. The third-order valence-electron chi connectivity index (χ3n) is 7.53. The second-order valence-corrected chi connectivity index (χ2v) is 10.7. The number of aliphatic hydroxyl groups excluding tert-OH is 2. The number of nitrogens with one attached hydrogen (secondary N) is 1. The topological polar surface area (TPSA) is 185 Å². The molecule has 0 saturated carbocycles. The number of amides is 1. The molecule has 4 atom stereocenters. The molecule has 14 heteroatoms. The first-order valence-corrected chi connectivity index (χ1v) is 14.8. The van der Waals surface area contributed by atoms with E-state index in [2.05, 4.69) is 10.3 Å². The van der Waals surface area contributed by atoms with Crippen LogP contribution in [0, 0.1) is 0 Å². The van der Waals surface area contributed by atoms with Gasteiger partial charge >= 0.3 is 23.7 Å². The SMILES string of the molecule is COc1ccn([C@@H]2O[C@H](C(NC(=O)OCc3ccccc3)(C(=O)OCc3ccccc3)C(=O)OCc3ccccc3)[C@@H](O)[C@H]2O)c(=O)n1. The van der Waals surface area contributed by atoms with Crippen LogP contribution in [0.4, 0.5) is 4.79 Å². The van der Waals surface area contributed by atoms with Crippen molar-refractivity contribution in [1.29, 1.82) is 0 Å². The van der Waals surface area contributed by atoms with Crippen LogP contribution in [0.3, 0.4) is 0 Å². The molecule has 250 valence electrons. The molecule has 0 unspecified atom stereocenters. The quantitative estimate of drug-likeness (QED) is 0.114. The van der Waals surface area contributed by atoms with Gasteiger partial charge < -0.3 is 33.9 Å². The maximum absolute atomic E-state index is 14.2. The molecule has 1 aliphatic heterocycles. The Kier molecular flexibility index (Phi) is 10.8. The molecule has 4 aromatic rings. The minimum absolute atomic E-state index is 0.0352. The van der Waals surface area contributed by atoms with E-state index in [1.807, 2.05) is 0 Å². The number of carbonyl (C=O) groups is 3. The van der Waals surface area contributed by atoms with Crippen molar-refractivity contribution in [3.05, 3.63) is 130 Å². The molecule has 1 aliphatic rings. The van der Waals surface area contributed by atoms with Gasteiger partial charge in [0.2, 0.25) is 5.88 Å². The molecular formula is C34H33N3O11. The lowest BCUT2D eigenvalue weighted by Gasteiger charge is -2.35. The van der Waals surface area contributed by atoms with E-state index < -0.39 is 53.8 Å². The summed E-state index contributed by atoms with van der Waals surface area (Å²) in [6.45, 7) is -0.970. The maximum atomic E-state index is 14.2. The molecule has 0 radical (unpaired) electrons. The predicted octanol–water partition coefficient (Wildman–Crippen LogP) is 2.02. The fourth-order valence-corrected chi connectivity index (χ4v) is 5.03.